The Morgan fingerprint density at radius 2 is 1.75 bits per heavy atom. The fraction of sp³-hybridized carbons (Fsp3) is 0.143. The molecule has 0 unspecified atom stereocenters. The number of hydrogen-bond acceptors (Lipinski definition) is 9. The number of benzene rings is 3. The first-order chi connectivity index (χ1) is 23.4. The van der Waals surface area contributed by atoms with Crippen LogP contribution in [0.25, 0.3) is 40.1 Å². The van der Waals surface area contributed by atoms with Gasteiger partial charge in [0.25, 0.3) is 5.56 Å². The lowest BCUT2D eigenvalue weighted by Crippen LogP contribution is -2.40. The van der Waals surface area contributed by atoms with E-state index in [-0.39, 0.29) is 10.5 Å². The van der Waals surface area contributed by atoms with E-state index in [2.05, 4.69) is 16.7 Å². The van der Waals surface area contributed by atoms with Crippen LogP contribution in [0, 0.1) is 0 Å². The number of morpholine rings is 1. The van der Waals surface area contributed by atoms with Gasteiger partial charge in [-0.05, 0) is 54.1 Å². The lowest BCUT2D eigenvalue weighted by molar-refractivity contribution is 0.0730. The van der Waals surface area contributed by atoms with E-state index >= 15 is 0 Å². The zero-order valence-corrected chi connectivity index (χ0v) is 27.3. The van der Waals surface area contributed by atoms with Crippen LogP contribution in [0.15, 0.2) is 107 Å². The largest absolute Gasteiger partial charge is 0.490 e. The standard InChI is InChI=1S/C35H30N6O5S2/c1-2-19-46-29-14-11-25(12-15-29)13-16-32-36-35-41(37-32)34(42)31(47-35)23-27-24-40(28-8-4-3-5-9-28)38-33(27)26-7-6-10-30(22-26)48(43,44)39-17-20-45-21-18-39/h2-16,22-24H,1,17-21H2/b16-13+,31-23-. The molecule has 1 fully saturated rings. The molecule has 0 aliphatic carbocycles. The van der Waals surface area contributed by atoms with Gasteiger partial charge in [0.1, 0.15) is 18.1 Å². The molecule has 0 radical (unpaired) electrons. The number of rotatable bonds is 10. The molecule has 4 heterocycles. The summed E-state index contributed by atoms with van der Waals surface area (Å²) in [6.07, 6.45) is 8.88. The third-order valence-corrected chi connectivity index (χ3v) is 10.5. The third-order valence-electron chi connectivity index (χ3n) is 7.64. The SMILES string of the molecule is C=CCOc1ccc(/C=C/c2nc3s/c(=C\c4cn(-c5ccccc5)nc4-c4cccc(S(=O)(=O)N5CCOCC5)c4)c(=O)n3n2)cc1. The predicted molar refractivity (Wildman–Crippen MR) is 186 cm³/mol. The smallest absolute Gasteiger partial charge is 0.291 e. The van der Waals surface area contributed by atoms with Crippen LogP contribution in [0.4, 0.5) is 0 Å². The highest BCUT2D eigenvalue weighted by molar-refractivity contribution is 7.89. The van der Waals surface area contributed by atoms with Gasteiger partial charge in [0.15, 0.2) is 5.82 Å². The van der Waals surface area contributed by atoms with E-state index in [1.54, 1.807) is 41.1 Å². The summed E-state index contributed by atoms with van der Waals surface area (Å²) in [5.41, 5.74) is 3.21. The molecule has 11 nitrogen and oxygen atoms in total. The van der Waals surface area contributed by atoms with Crippen LogP contribution in [0.5, 0.6) is 5.75 Å². The van der Waals surface area contributed by atoms with Crippen molar-refractivity contribution in [3.63, 3.8) is 0 Å². The maximum absolute atomic E-state index is 13.5. The molecule has 7 rings (SSSR count). The summed E-state index contributed by atoms with van der Waals surface area (Å²) < 4.78 is 42.6. The minimum absolute atomic E-state index is 0.169. The van der Waals surface area contributed by atoms with Crippen LogP contribution in [-0.4, -0.2) is 70.0 Å². The maximum Gasteiger partial charge on any atom is 0.291 e. The van der Waals surface area contributed by atoms with Crippen LogP contribution in [0.1, 0.15) is 17.0 Å². The van der Waals surface area contributed by atoms with Crippen molar-refractivity contribution in [1.82, 2.24) is 28.7 Å². The molecule has 1 aliphatic heterocycles. The van der Waals surface area contributed by atoms with Crippen molar-refractivity contribution in [2.75, 3.05) is 32.9 Å². The summed E-state index contributed by atoms with van der Waals surface area (Å²) in [6, 6.07) is 23.9. The number of thiazole rings is 1. The number of hydrogen-bond donors (Lipinski definition) is 0. The molecule has 3 aromatic heterocycles. The van der Waals surface area contributed by atoms with Gasteiger partial charge in [0.05, 0.1) is 28.3 Å². The first-order valence-electron chi connectivity index (χ1n) is 15.2. The number of ether oxygens (including phenoxy) is 2. The lowest BCUT2D eigenvalue weighted by atomic mass is 10.1. The summed E-state index contributed by atoms with van der Waals surface area (Å²) in [7, 11) is -3.73. The number of para-hydroxylation sites is 1. The summed E-state index contributed by atoms with van der Waals surface area (Å²) >= 11 is 1.22. The Morgan fingerprint density at radius 1 is 0.958 bits per heavy atom. The summed E-state index contributed by atoms with van der Waals surface area (Å²) in [6.45, 7) is 5.39. The van der Waals surface area contributed by atoms with Crippen molar-refractivity contribution in [2.24, 2.45) is 0 Å². The molecule has 3 aromatic carbocycles. The zero-order valence-electron chi connectivity index (χ0n) is 25.7. The molecule has 0 N–H and O–H groups in total. The number of fused-ring (bicyclic) bond motifs is 1. The van der Waals surface area contributed by atoms with Gasteiger partial charge in [-0.2, -0.15) is 18.9 Å². The van der Waals surface area contributed by atoms with E-state index in [9.17, 15) is 13.2 Å². The Labute approximate surface area is 280 Å². The monoisotopic (exact) mass is 678 g/mol. The van der Waals surface area contributed by atoms with Crippen LogP contribution < -0.4 is 14.8 Å². The molecule has 0 saturated carbocycles. The second-order valence-electron chi connectivity index (χ2n) is 10.8. The Morgan fingerprint density at radius 3 is 2.50 bits per heavy atom. The van der Waals surface area contributed by atoms with Gasteiger partial charge in [0, 0.05) is 30.4 Å². The minimum Gasteiger partial charge on any atom is -0.490 e. The van der Waals surface area contributed by atoms with Crippen molar-refractivity contribution >= 4 is 44.5 Å². The summed E-state index contributed by atoms with van der Waals surface area (Å²) in [5, 5.41) is 9.27. The second-order valence-corrected chi connectivity index (χ2v) is 13.8. The molecule has 13 heteroatoms. The van der Waals surface area contributed by atoms with Gasteiger partial charge in [0.2, 0.25) is 15.0 Å². The fourth-order valence-electron chi connectivity index (χ4n) is 5.23. The first kappa shape index (κ1) is 31.4. The highest BCUT2D eigenvalue weighted by Crippen LogP contribution is 2.28. The van der Waals surface area contributed by atoms with E-state index in [0.717, 1.165) is 17.0 Å². The predicted octanol–water partition coefficient (Wildman–Crippen LogP) is 4.31. The summed E-state index contributed by atoms with van der Waals surface area (Å²) in [4.78, 5) is 18.7. The second kappa shape index (κ2) is 13.5. The van der Waals surface area contributed by atoms with Gasteiger partial charge >= 0.3 is 0 Å². The molecule has 0 amide bonds. The molecule has 1 aliphatic rings. The molecule has 0 spiro atoms. The van der Waals surface area contributed by atoms with Gasteiger partial charge in [-0.3, -0.25) is 4.79 Å². The Balaban J connectivity index is 1.23. The molecule has 0 atom stereocenters. The lowest BCUT2D eigenvalue weighted by Gasteiger charge is -2.26. The van der Waals surface area contributed by atoms with Gasteiger partial charge in [-0.15, -0.1) is 5.10 Å². The molecular weight excluding hydrogens is 649 g/mol. The van der Waals surface area contributed by atoms with Crippen LogP contribution >= 0.6 is 11.3 Å². The highest BCUT2D eigenvalue weighted by atomic mass is 32.2. The zero-order chi connectivity index (χ0) is 33.1. The van der Waals surface area contributed by atoms with E-state index < -0.39 is 10.0 Å². The first-order valence-corrected chi connectivity index (χ1v) is 17.4. The van der Waals surface area contributed by atoms with E-state index in [1.165, 1.54) is 20.2 Å². The van der Waals surface area contributed by atoms with Crippen molar-refractivity contribution in [1.29, 1.82) is 0 Å². The topological polar surface area (TPSA) is 121 Å². The molecule has 0 bridgehead atoms. The number of aromatic nitrogens is 5. The molecule has 6 aromatic rings. The van der Waals surface area contributed by atoms with Gasteiger partial charge in [-0.1, -0.05) is 72.5 Å². The Bertz CT molecular complexity index is 2340. The normalized spacial score (nSPS) is 14.6. The van der Waals surface area contributed by atoms with Crippen molar-refractivity contribution in [2.45, 2.75) is 4.90 Å². The fourth-order valence-corrected chi connectivity index (χ4v) is 7.59. The number of sulfonamides is 1. The summed E-state index contributed by atoms with van der Waals surface area (Å²) in [5.74, 6) is 1.16. The highest BCUT2D eigenvalue weighted by Gasteiger charge is 2.27. The van der Waals surface area contributed by atoms with Gasteiger partial charge in [-0.25, -0.2) is 13.1 Å². The average Bonchev–Trinajstić information content (AvgIpc) is 3.82. The average molecular weight is 679 g/mol. The van der Waals surface area contributed by atoms with E-state index in [0.29, 0.717) is 65.0 Å². The van der Waals surface area contributed by atoms with Crippen LogP contribution in [0.2, 0.25) is 0 Å². The third kappa shape index (κ3) is 6.49. The van der Waals surface area contributed by atoms with Crippen molar-refractivity contribution in [3.8, 4) is 22.7 Å². The molecular formula is C35H30N6O5S2. The quantitative estimate of drug-likeness (QED) is 0.197. The van der Waals surface area contributed by atoms with Crippen LogP contribution in [-0.2, 0) is 14.8 Å². The molecule has 242 valence electrons. The van der Waals surface area contributed by atoms with Crippen LogP contribution in [0.3, 0.4) is 0 Å². The van der Waals surface area contributed by atoms with E-state index in [4.69, 9.17) is 14.6 Å². The molecule has 1 saturated heterocycles. The molecule has 48 heavy (non-hydrogen) atoms. The Hall–Kier alpha value is -5.21. The van der Waals surface area contributed by atoms with Crippen molar-refractivity contribution < 1.29 is 17.9 Å². The van der Waals surface area contributed by atoms with Gasteiger partial charge < -0.3 is 9.47 Å². The Kier molecular flexibility index (Phi) is 8.82. The maximum atomic E-state index is 13.5. The van der Waals surface area contributed by atoms with Crippen molar-refractivity contribution in [3.05, 3.63) is 130 Å². The van der Waals surface area contributed by atoms with E-state index in [1.807, 2.05) is 72.9 Å². The minimum atomic E-state index is -3.73. The number of nitrogens with zero attached hydrogens (tertiary/aromatic N) is 6.